The van der Waals surface area contributed by atoms with Crippen molar-refractivity contribution in [1.82, 2.24) is 4.98 Å². The molecule has 0 aliphatic carbocycles. The second-order valence-electron chi connectivity index (χ2n) is 6.28. The van der Waals surface area contributed by atoms with E-state index in [4.69, 9.17) is 26.8 Å². The fourth-order valence-electron chi connectivity index (χ4n) is 2.99. The number of rotatable bonds is 4. The highest BCUT2D eigenvalue weighted by Crippen LogP contribution is 2.37. The molecule has 1 aliphatic rings. The fourth-order valence-corrected chi connectivity index (χ4v) is 4.29. The van der Waals surface area contributed by atoms with Gasteiger partial charge >= 0.3 is 0 Å². The first-order valence-corrected chi connectivity index (χ1v) is 9.79. The first-order valence-electron chi connectivity index (χ1n) is 8.54. The summed E-state index contributed by atoms with van der Waals surface area (Å²) >= 11 is 7.99. The average molecular weight is 387 g/mol. The molecule has 4 rings (SSSR count). The molecule has 3 aromatic rings. The number of nitrogens with zero attached hydrogens (tertiary/aromatic N) is 1. The van der Waals surface area contributed by atoms with Crippen LogP contribution in [-0.4, -0.2) is 24.3 Å². The van der Waals surface area contributed by atoms with E-state index < -0.39 is 0 Å². The highest BCUT2D eigenvalue weighted by Gasteiger charge is 2.16. The van der Waals surface area contributed by atoms with Gasteiger partial charge in [-0.25, -0.2) is 4.98 Å². The topological polar surface area (TPSA) is 57.4 Å². The Labute approximate surface area is 161 Å². The van der Waals surface area contributed by atoms with Crippen molar-refractivity contribution in [2.45, 2.75) is 18.9 Å². The number of ether oxygens (including phenoxy) is 2. The van der Waals surface area contributed by atoms with Gasteiger partial charge in [0.1, 0.15) is 6.10 Å². The second kappa shape index (κ2) is 7.66. The summed E-state index contributed by atoms with van der Waals surface area (Å²) < 4.78 is 11.4. The normalized spacial score (nSPS) is 17.2. The van der Waals surface area contributed by atoms with Crippen molar-refractivity contribution in [3.05, 3.63) is 53.0 Å². The Morgan fingerprint density at radius 2 is 2.12 bits per heavy atom. The maximum atomic E-state index is 6.34. The van der Waals surface area contributed by atoms with E-state index in [9.17, 15) is 0 Å². The zero-order valence-electron chi connectivity index (χ0n) is 14.2. The molecule has 26 heavy (non-hydrogen) atoms. The van der Waals surface area contributed by atoms with Gasteiger partial charge < -0.3 is 15.2 Å². The molecule has 1 saturated heterocycles. The molecule has 1 aliphatic heterocycles. The first kappa shape index (κ1) is 17.3. The van der Waals surface area contributed by atoms with Crippen LogP contribution in [0.1, 0.15) is 12.8 Å². The number of benzene rings is 1. The Hall–Kier alpha value is -2.08. The smallest absolute Gasteiger partial charge is 0.214 e. The Morgan fingerprint density at radius 3 is 2.92 bits per heavy atom. The van der Waals surface area contributed by atoms with E-state index in [2.05, 4.69) is 16.4 Å². The summed E-state index contributed by atoms with van der Waals surface area (Å²) in [6, 6.07) is 11.7. The van der Waals surface area contributed by atoms with Crippen LogP contribution < -0.4 is 10.5 Å². The van der Waals surface area contributed by atoms with Gasteiger partial charge in [-0.1, -0.05) is 17.7 Å². The van der Waals surface area contributed by atoms with Crippen LogP contribution in [0, 0.1) is 0 Å². The molecule has 1 fully saturated rings. The minimum atomic E-state index is 0.0816. The van der Waals surface area contributed by atoms with E-state index in [-0.39, 0.29) is 6.10 Å². The molecule has 134 valence electrons. The second-order valence-corrected chi connectivity index (χ2v) is 7.60. The summed E-state index contributed by atoms with van der Waals surface area (Å²) in [6.07, 6.45) is 3.89. The quantitative estimate of drug-likeness (QED) is 0.620. The average Bonchev–Trinajstić information content (AvgIpc) is 3.13. The standard InChI is InChI=1S/C20H19ClN2O2S/c21-18-10-15(22)3-4-17(18)19-8-14(12-26-19)13-5-6-23-20(9-13)25-16-2-1-7-24-11-16/h3-6,8-10,12,16H,1-2,7,11,22H2. The zero-order chi connectivity index (χ0) is 17.9. The van der Waals surface area contributed by atoms with Crippen LogP contribution in [-0.2, 0) is 4.74 Å². The van der Waals surface area contributed by atoms with Crippen molar-refractivity contribution in [3.63, 3.8) is 0 Å². The van der Waals surface area contributed by atoms with Gasteiger partial charge in [0, 0.05) is 35.0 Å². The minimum absolute atomic E-state index is 0.0816. The van der Waals surface area contributed by atoms with Gasteiger partial charge in [0.05, 0.1) is 11.6 Å². The lowest BCUT2D eigenvalue weighted by Crippen LogP contribution is -2.28. The molecule has 4 nitrogen and oxygen atoms in total. The predicted molar refractivity (Wildman–Crippen MR) is 107 cm³/mol. The third kappa shape index (κ3) is 3.85. The fraction of sp³-hybridized carbons (Fsp3) is 0.250. The van der Waals surface area contributed by atoms with Gasteiger partial charge in [-0.3, -0.25) is 0 Å². The van der Waals surface area contributed by atoms with Crippen molar-refractivity contribution in [1.29, 1.82) is 0 Å². The lowest BCUT2D eigenvalue weighted by atomic mass is 10.1. The van der Waals surface area contributed by atoms with Gasteiger partial charge in [0.25, 0.3) is 0 Å². The number of thiophene rings is 1. The number of nitrogens with two attached hydrogens (primary N) is 1. The van der Waals surface area contributed by atoms with Crippen molar-refractivity contribution >= 4 is 28.6 Å². The van der Waals surface area contributed by atoms with Crippen LogP contribution in [0.3, 0.4) is 0 Å². The number of aromatic nitrogens is 1. The Balaban J connectivity index is 1.56. The summed E-state index contributed by atoms with van der Waals surface area (Å²) in [4.78, 5) is 5.44. The number of halogens is 1. The SMILES string of the molecule is Nc1ccc(-c2cc(-c3ccnc(OC4CCCOC4)c3)cs2)c(Cl)c1. The third-order valence-corrected chi connectivity index (χ3v) is 5.61. The number of pyridine rings is 1. The molecule has 0 saturated carbocycles. The highest BCUT2D eigenvalue weighted by molar-refractivity contribution is 7.14. The van der Waals surface area contributed by atoms with E-state index in [1.807, 2.05) is 24.3 Å². The summed E-state index contributed by atoms with van der Waals surface area (Å²) in [7, 11) is 0. The van der Waals surface area contributed by atoms with Crippen LogP contribution in [0.25, 0.3) is 21.6 Å². The molecular formula is C20H19ClN2O2S. The molecule has 1 unspecified atom stereocenters. The Morgan fingerprint density at radius 1 is 1.19 bits per heavy atom. The Kier molecular flexibility index (Phi) is 5.11. The summed E-state index contributed by atoms with van der Waals surface area (Å²) in [5.74, 6) is 0.635. The molecule has 1 aromatic carbocycles. The van der Waals surface area contributed by atoms with Crippen LogP contribution >= 0.6 is 22.9 Å². The number of anilines is 1. The van der Waals surface area contributed by atoms with Crippen molar-refractivity contribution in [2.24, 2.45) is 0 Å². The van der Waals surface area contributed by atoms with Crippen molar-refractivity contribution < 1.29 is 9.47 Å². The maximum Gasteiger partial charge on any atom is 0.214 e. The Bertz CT molecular complexity index is 906. The molecule has 0 amide bonds. The molecular weight excluding hydrogens is 368 g/mol. The molecule has 2 aromatic heterocycles. The van der Waals surface area contributed by atoms with Gasteiger partial charge in [-0.05, 0) is 53.6 Å². The van der Waals surface area contributed by atoms with Gasteiger partial charge in [-0.15, -0.1) is 11.3 Å². The lowest BCUT2D eigenvalue weighted by molar-refractivity contribution is 0.00552. The predicted octanol–water partition coefficient (Wildman–Crippen LogP) is 5.27. The molecule has 0 spiro atoms. The summed E-state index contributed by atoms with van der Waals surface area (Å²) in [6.45, 7) is 1.45. The van der Waals surface area contributed by atoms with Gasteiger partial charge in [-0.2, -0.15) is 0 Å². The molecule has 1 atom stereocenters. The third-order valence-electron chi connectivity index (χ3n) is 4.33. The lowest BCUT2D eigenvalue weighted by Gasteiger charge is -2.22. The van der Waals surface area contributed by atoms with E-state index >= 15 is 0 Å². The zero-order valence-corrected chi connectivity index (χ0v) is 15.7. The minimum Gasteiger partial charge on any atom is -0.472 e. The molecule has 3 heterocycles. The molecule has 2 N–H and O–H groups in total. The number of nitrogen functional groups attached to an aromatic ring is 1. The van der Waals surface area contributed by atoms with Gasteiger partial charge in [0.15, 0.2) is 0 Å². The van der Waals surface area contributed by atoms with Crippen molar-refractivity contribution in [2.75, 3.05) is 18.9 Å². The van der Waals surface area contributed by atoms with Crippen LogP contribution in [0.5, 0.6) is 5.88 Å². The maximum absolute atomic E-state index is 6.34. The number of hydrogen-bond donors (Lipinski definition) is 1. The summed E-state index contributed by atoms with van der Waals surface area (Å²) in [5.41, 5.74) is 9.62. The molecule has 0 radical (unpaired) electrons. The van der Waals surface area contributed by atoms with Crippen LogP contribution in [0.2, 0.25) is 5.02 Å². The summed E-state index contributed by atoms with van der Waals surface area (Å²) in [5, 5.41) is 2.78. The number of hydrogen-bond acceptors (Lipinski definition) is 5. The first-order chi connectivity index (χ1) is 12.7. The molecule has 0 bridgehead atoms. The van der Waals surface area contributed by atoms with Crippen LogP contribution in [0.15, 0.2) is 48.0 Å². The van der Waals surface area contributed by atoms with Gasteiger partial charge in [0.2, 0.25) is 5.88 Å². The highest BCUT2D eigenvalue weighted by atomic mass is 35.5. The van der Waals surface area contributed by atoms with E-state index in [1.165, 1.54) is 0 Å². The van der Waals surface area contributed by atoms with Crippen LogP contribution in [0.4, 0.5) is 5.69 Å². The van der Waals surface area contributed by atoms with E-state index in [0.717, 1.165) is 41.0 Å². The largest absolute Gasteiger partial charge is 0.472 e. The van der Waals surface area contributed by atoms with E-state index in [1.54, 1.807) is 23.6 Å². The monoisotopic (exact) mass is 386 g/mol. The molecule has 6 heteroatoms. The van der Waals surface area contributed by atoms with E-state index in [0.29, 0.717) is 23.2 Å². The van der Waals surface area contributed by atoms with Crippen molar-refractivity contribution in [3.8, 4) is 27.4 Å².